The number of thioether (sulfide) groups is 1. The number of para-hydroxylation sites is 1. The van der Waals surface area contributed by atoms with Gasteiger partial charge in [-0.05, 0) is 48.9 Å². The van der Waals surface area contributed by atoms with Gasteiger partial charge < -0.3 is 5.32 Å². The summed E-state index contributed by atoms with van der Waals surface area (Å²) in [7, 11) is 0. The summed E-state index contributed by atoms with van der Waals surface area (Å²) >= 11 is 1.38. The van der Waals surface area contributed by atoms with Crippen molar-refractivity contribution in [3.63, 3.8) is 0 Å². The van der Waals surface area contributed by atoms with Crippen LogP contribution in [0.4, 0.5) is 10.1 Å². The van der Waals surface area contributed by atoms with Crippen molar-refractivity contribution in [2.45, 2.75) is 11.9 Å². The maximum Gasteiger partial charge on any atom is 0.234 e. The highest BCUT2D eigenvalue weighted by molar-refractivity contribution is 7.99. The lowest BCUT2D eigenvalue weighted by Crippen LogP contribution is -2.14. The van der Waals surface area contributed by atoms with Crippen molar-refractivity contribution in [1.29, 1.82) is 0 Å². The van der Waals surface area contributed by atoms with E-state index in [4.69, 9.17) is 0 Å². The number of carbonyl (C=O) groups is 1. The Kier molecular flexibility index (Phi) is 4.57. The molecular weight excluding hydrogens is 311 g/mol. The van der Waals surface area contributed by atoms with Crippen LogP contribution in [-0.4, -0.2) is 16.6 Å². The first-order valence-electron chi connectivity index (χ1n) is 7.16. The summed E-state index contributed by atoms with van der Waals surface area (Å²) in [5.74, 6) is -0.218. The number of carbonyl (C=O) groups excluding carboxylic acids is 1. The van der Waals surface area contributed by atoms with Crippen molar-refractivity contribution in [2.24, 2.45) is 0 Å². The fourth-order valence-corrected chi connectivity index (χ4v) is 3.04. The van der Waals surface area contributed by atoms with Gasteiger partial charge in [-0.1, -0.05) is 30.0 Å². The van der Waals surface area contributed by atoms with Crippen molar-refractivity contribution < 1.29 is 9.18 Å². The number of benzene rings is 2. The lowest BCUT2D eigenvalue weighted by atomic mass is 10.1. The number of anilines is 1. The molecule has 0 saturated carbocycles. The highest BCUT2D eigenvalue weighted by Crippen LogP contribution is 2.23. The second-order valence-electron chi connectivity index (χ2n) is 5.14. The first-order chi connectivity index (χ1) is 11.1. The minimum Gasteiger partial charge on any atom is -0.325 e. The lowest BCUT2D eigenvalue weighted by molar-refractivity contribution is -0.113. The lowest BCUT2D eigenvalue weighted by Gasteiger charge is -2.07. The van der Waals surface area contributed by atoms with Crippen molar-refractivity contribution in [3.8, 4) is 0 Å². The monoisotopic (exact) mass is 326 g/mol. The molecule has 1 amide bonds. The number of fused-ring (bicyclic) bond motifs is 1. The minimum atomic E-state index is -0.326. The highest BCUT2D eigenvalue weighted by Gasteiger charge is 2.07. The Hall–Kier alpha value is -2.40. The molecule has 0 spiro atoms. The zero-order valence-electron chi connectivity index (χ0n) is 12.5. The first kappa shape index (κ1) is 15.5. The Morgan fingerprint density at radius 2 is 1.91 bits per heavy atom. The molecule has 23 heavy (non-hydrogen) atoms. The molecular formula is C18H15FN2OS. The van der Waals surface area contributed by atoms with Gasteiger partial charge in [-0.3, -0.25) is 4.79 Å². The molecule has 0 radical (unpaired) electrons. The van der Waals surface area contributed by atoms with Gasteiger partial charge in [0.1, 0.15) is 5.82 Å². The predicted molar refractivity (Wildman–Crippen MR) is 92.2 cm³/mol. The van der Waals surface area contributed by atoms with Gasteiger partial charge in [0.15, 0.2) is 0 Å². The second kappa shape index (κ2) is 6.79. The molecule has 1 N–H and O–H groups in total. The molecule has 0 atom stereocenters. The number of nitrogens with one attached hydrogen (secondary N) is 1. The molecule has 0 fully saturated rings. The molecule has 0 aliphatic rings. The predicted octanol–water partition coefficient (Wildman–Crippen LogP) is 4.41. The Bertz CT molecular complexity index is 849. The molecule has 0 aliphatic carbocycles. The quantitative estimate of drug-likeness (QED) is 0.722. The molecule has 3 aromatic rings. The van der Waals surface area contributed by atoms with Gasteiger partial charge in [-0.15, -0.1) is 0 Å². The second-order valence-corrected chi connectivity index (χ2v) is 6.13. The van der Waals surface area contributed by atoms with Crippen molar-refractivity contribution in [2.75, 3.05) is 11.1 Å². The molecule has 3 nitrogen and oxygen atoms in total. The number of nitrogens with zero attached hydrogens (tertiary/aromatic N) is 1. The zero-order chi connectivity index (χ0) is 16.2. The third-order valence-corrected chi connectivity index (χ3v) is 4.29. The molecule has 1 aromatic heterocycles. The molecule has 0 bridgehead atoms. The van der Waals surface area contributed by atoms with E-state index in [2.05, 4.69) is 10.3 Å². The van der Waals surface area contributed by atoms with E-state index in [1.807, 2.05) is 37.3 Å². The van der Waals surface area contributed by atoms with Crippen LogP contribution < -0.4 is 5.32 Å². The van der Waals surface area contributed by atoms with Gasteiger partial charge >= 0.3 is 0 Å². The fourth-order valence-electron chi connectivity index (χ4n) is 2.26. The zero-order valence-corrected chi connectivity index (χ0v) is 13.4. The van der Waals surface area contributed by atoms with Crippen LogP contribution in [0.15, 0.2) is 59.6 Å². The third-order valence-electron chi connectivity index (χ3n) is 3.38. The average Bonchev–Trinajstić information content (AvgIpc) is 2.55. The fraction of sp³-hybridized carbons (Fsp3) is 0.111. The minimum absolute atomic E-state index is 0.144. The van der Waals surface area contributed by atoms with Crippen molar-refractivity contribution in [3.05, 3.63) is 66.0 Å². The summed E-state index contributed by atoms with van der Waals surface area (Å²) in [6.45, 7) is 2.03. The standard InChI is InChI=1S/C18H15FN2OS/c1-12-10-18(21-16-5-3-2-4-15(12)16)23-11-17(22)20-14-8-6-13(19)7-9-14/h2-10H,11H2,1H3,(H,20,22). The number of pyridine rings is 1. The van der Waals surface area contributed by atoms with E-state index in [0.717, 1.165) is 21.5 Å². The SMILES string of the molecule is Cc1cc(SCC(=O)Nc2ccc(F)cc2)nc2ccccc12. The summed E-state index contributed by atoms with van der Waals surface area (Å²) in [5.41, 5.74) is 2.64. The summed E-state index contributed by atoms with van der Waals surface area (Å²) in [5, 5.41) is 4.67. The van der Waals surface area contributed by atoms with Gasteiger partial charge in [0, 0.05) is 11.1 Å². The van der Waals surface area contributed by atoms with Crippen molar-refractivity contribution in [1.82, 2.24) is 4.98 Å². The number of hydrogen-bond acceptors (Lipinski definition) is 3. The number of amides is 1. The van der Waals surface area contributed by atoms with E-state index in [9.17, 15) is 9.18 Å². The Morgan fingerprint density at radius 1 is 1.17 bits per heavy atom. The van der Waals surface area contributed by atoms with Gasteiger partial charge in [0.25, 0.3) is 0 Å². The maximum atomic E-state index is 12.8. The molecule has 3 rings (SSSR count). The Labute approximate surface area is 137 Å². The summed E-state index contributed by atoms with van der Waals surface area (Å²) in [6.07, 6.45) is 0. The number of aryl methyl sites for hydroxylation is 1. The Morgan fingerprint density at radius 3 is 2.70 bits per heavy atom. The molecule has 5 heteroatoms. The van der Waals surface area contributed by atoms with Gasteiger partial charge in [0.05, 0.1) is 16.3 Å². The van der Waals surface area contributed by atoms with Crippen LogP contribution in [0.3, 0.4) is 0 Å². The molecule has 116 valence electrons. The van der Waals surface area contributed by atoms with Crippen LogP contribution in [-0.2, 0) is 4.79 Å². The first-order valence-corrected chi connectivity index (χ1v) is 8.15. The normalized spacial score (nSPS) is 10.7. The Balaban J connectivity index is 1.66. The van der Waals surface area contributed by atoms with Crippen LogP contribution in [0.5, 0.6) is 0 Å². The average molecular weight is 326 g/mol. The highest BCUT2D eigenvalue weighted by atomic mass is 32.2. The number of aromatic nitrogens is 1. The summed E-state index contributed by atoms with van der Waals surface area (Å²) in [6, 6.07) is 15.6. The van der Waals surface area contributed by atoms with E-state index in [1.165, 1.54) is 36.0 Å². The molecule has 2 aromatic carbocycles. The molecule has 0 aliphatic heterocycles. The van der Waals surface area contributed by atoms with E-state index >= 15 is 0 Å². The number of rotatable bonds is 4. The van der Waals surface area contributed by atoms with Crippen LogP contribution in [0.2, 0.25) is 0 Å². The van der Waals surface area contributed by atoms with Crippen LogP contribution >= 0.6 is 11.8 Å². The van der Waals surface area contributed by atoms with Gasteiger partial charge in [0.2, 0.25) is 5.91 Å². The molecule has 0 saturated heterocycles. The number of halogens is 1. The van der Waals surface area contributed by atoms with Gasteiger partial charge in [-0.2, -0.15) is 0 Å². The summed E-state index contributed by atoms with van der Waals surface area (Å²) in [4.78, 5) is 16.5. The number of hydrogen-bond donors (Lipinski definition) is 1. The topological polar surface area (TPSA) is 42.0 Å². The van der Waals surface area contributed by atoms with Gasteiger partial charge in [-0.25, -0.2) is 9.37 Å². The van der Waals surface area contributed by atoms with Crippen molar-refractivity contribution >= 4 is 34.3 Å². The van der Waals surface area contributed by atoms with E-state index in [-0.39, 0.29) is 17.5 Å². The van der Waals surface area contributed by atoms with Crippen LogP contribution in [0.1, 0.15) is 5.56 Å². The largest absolute Gasteiger partial charge is 0.325 e. The van der Waals surface area contributed by atoms with E-state index in [1.54, 1.807) is 0 Å². The van der Waals surface area contributed by atoms with Crippen LogP contribution in [0.25, 0.3) is 10.9 Å². The van der Waals surface area contributed by atoms with E-state index in [0.29, 0.717) is 5.69 Å². The smallest absolute Gasteiger partial charge is 0.234 e. The maximum absolute atomic E-state index is 12.8. The van der Waals surface area contributed by atoms with Crippen LogP contribution in [0, 0.1) is 12.7 Å². The summed E-state index contributed by atoms with van der Waals surface area (Å²) < 4.78 is 12.8. The third kappa shape index (κ3) is 3.87. The molecule has 1 heterocycles. The van der Waals surface area contributed by atoms with E-state index < -0.39 is 0 Å². The molecule has 0 unspecified atom stereocenters.